The van der Waals surface area contributed by atoms with Crippen LogP contribution in [0.15, 0.2) is 33.5 Å². The number of hydrogen-bond donors (Lipinski definition) is 1. The Bertz CT molecular complexity index is 384. The number of oxazole rings is 1. The highest BCUT2D eigenvalue weighted by molar-refractivity contribution is 5.71. The lowest BCUT2D eigenvalue weighted by molar-refractivity contribution is 0.555. The van der Waals surface area contributed by atoms with Gasteiger partial charge in [-0.2, -0.15) is 0 Å². The maximum Gasteiger partial charge on any atom is 0.417 e. The Hall–Kier alpha value is -1.51. The van der Waals surface area contributed by atoms with Gasteiger partial charge in [-0.3, -0.25) is 4.98 Å². The second kappa shape index (κ2) is 7.85. The molecule has 0 radical (unpaired) electrons. The van der Waals surface area contributed by atoms with Crippen molar-refractivity contribution in [3.8, 4) is 0 Å². The molecule has 3 heteroatoms. The largest absolute Gasteiger partial charge is 0.417 e. The van der Waals surface area contributed by atoms with E-state index in [2.05, 4.69) is 18.8 Å². The summed E-state index contributed by atoms with van der Waals surface area (Å²) in [7, 11) is 0. The minimum absolute atomic E-state index is 0. The van der Waals surface area contributed by atoms with E-state index >= 15 is 0 Å². The third-order valence-electron chi connectivity index (χ3n) is 1.33. The minimum atomic E-state index is -0.402. The molecule has 0 fully saturated rings. The van der Waals surface area contributed by atoms with Crippen molar-refractivity contribution in [3.05, 3.63) is 34.8 Å². The second-order valence-electron chi connectivity index (χ2n) is 2.72. The van der Waals surface area contributed by atoms with Crippen LogP contribution in [0.3, 0.4) is 0 Å². The van der Waals surface area contributed by atoms with Gasteiger partial charge in [0.15, 0.2) is 5.58 Å². The van der Waals surface area contributed by atoms with Crippen molar-refractivity contribution in [2.75, 3.05) is 0 Å². The Morgan fingerprint density at radius 2 is 1.80 bits per heavy atom. The fourth-order valence-corrected chi connectivity index (χ4v) is 0.894. The van der Waals surface area contributed by atoms with Crippen LogP contribution in [-0.4, -0.2) is 4.98 Å². The van der Waals surface area contributed by atoms with E-state index in [4.69, 9.17) is 4.42 Å². The Morgan fingerprint density at radius 3 is 2.33 bits per heavy atom. The van der Waals surface area contributed by atoms with E-state index in [0.717, 1.165) is 5.52 Å². The summed E-state index contributed by atoms with van der Waals surface area (Å²) in [4.78, 5) is 13.1. The van der Waals surface area contributed by atoms with Crippen molar-refractivity contribution in [2.45, 2.75) is 34.1 Å². The Kier molecular flexibility index (Phi) is 7.06. The zero-order chi connectivity index (χ0) is 11.7. The van der Waals surface area contributed by atoms with E-state index in [1.165, 1.54) is 6.42 Å². The van der Waals surface area contributed by atoms with E-state index in [0.29, 0.717) is 5.58 Å². The summed E-state index contributed by atoms with van der Waals surface area (Å²) in [5.41, 5.74) is 1.35. The number of hydrogen-bond acceptors (Lipinski definition) is 2. The molecular weight excluding hydrogens is 190 g/mol. The topological polar surface area (TPSA) is 46.0 Å². The third-order valence-corrected chi connectivity index (χ3v) is 1.33. The molecule has 0 atom stereocenters. The van der Waals surface area contributed by atoms with Gasteiger partial charge in [-0.25, -0.2) is 4.79 Å². The molecule has 2 rings (SSSR count). The smallest absolute Gasteiger partial charge is 0.408 e. The van der Waals surface area contributed by atoms with Crippen LogP contribution in [0.2, 0.25) is 0 Å². The number of aromatic amines is 1. The minimum Gasteiger partial charge on any atom is -0.408 e. The first-order valence-electron chi connectivity index (χ1n) is 5.35. The van der Waals surface area contributed by atoms with Gasteiger partial charge in [0.25, 0.3) is 0 Å². The molecule has 3 nitrogen and oxygen atoms in total. The van der Waals surface area contributed by atoms with Crippen molar-refractivity contribution < 1.29 is 5.84 Å². The fourth-order valence-electron chi connectivity index (χ4n) is 0.894. The highest BCUT2D eigenvalue weighted by Crippen LogP contribution is 2.06. The predicted octanol–water partition coefficient (Wildman–Crippen LogP) is 3.81. The molecule has 1 N–H and O–H groups in total. The van der Waals surface area contributed by atoms with Crippen LogP contribution in [0.5, 0.6) is 0 Å². The molecule has 0 spiro atoms. The number of fused-ring (bicyclic) bond motifs is 1. The van der Waals surface area contributed by atoms with Crippen molar-refractivity contribution in [3.63, 3.8) is 0 Å². The zero-order valence-electron chi connectivity index (χ0n) is 9.83. The summed E-state index contributed by atoms with van der Waals surface area (Å²) in [6, 6.07) is 7.19. The van der Waals surface area contributed by atoms with Gasteiger partial charge in [0.1, 0.15) is 0 Å². The van der Waals surface area contributed by atoms with Crippen LogP contribution in [0.4, 0.5) is 0 Å². The van der Waals surface area contributed by atoms with Crippen LogP contribution < -0.4 is 5.76 Å². The van der Waals surface area contributed by atoms with E-state index in [1.54, 1.807) is 12.1 Å². The van der Waals surface area contributed by atoms with E-state index in [1.807, 2.05) is 26.0 Å². The van der Waals surface area contributed by atoms with E-state index < -0.39 is 5.76 Å². The molecule has 2 aromatic rings. The van der Waals surface area contributed by atoms with Crippen LogP contribution in [0.1, 0.15) is 35.5 Å². The van der Waals surface area contributed by atoms with Crippen LogP contribution >= 0.6 is 0 Å². The van der Waals surface area contributed by atoms with Gasteiger partial charge in [0.2, 0.25) is 0 Å². The predicted molar refractivity (Wildman–Crippen MR) is 66.3 cm³/mol. The lowest BCUT2D eigenvalue weighted by atomic mass is 10.3. The summed E-state index contributed by atoms with van der Waals surface area (Å²) in [6.45, 7) is 8.25. The number of aromatic nitrogens is 1. The highest BCUT2D eigenvalue weighted by Gasteiger charge is 1.95. The van der Waals surface area contributed by atoms with Gasteiger partial charge in [-0.05, 0) is 12.1 Å². The molecule has 0 aliphatic carbocycles. The van der Waals surface area contributed by atoms with Crippen molar-refractivity contribution in [1.29, 1.82) is 0 Å². The molecule has 0 saturated carbocycles. The van der Waals surface area contributed by atoms with Gasteiger partial charge in [0, 0.05) is 1.43 Å². The summed E-state index contributed by atoms with van der Waals surface area (Å²) >= 11 is 0. The summed E-state index contributed by atoms with van der Waals surface area (Å²) < 4.78 is 4.76. The van der Waals surface area contributed by atoms with Gasteiger partial charge >= 0.3 is 5.76 Å². The first kappa shape index (κ1) is 13.5. The maximum absolute atomic E-state index is 10.6. The molecule has 1 aromatic heterocycles. The highest BCUT2D eigenvalue weighted by atomic mass is 16.4. The molecule has 0 saturated heterocycles. The number of para-hydroxylation sites is 2. The quantitative estimate of drug-likeness (QED) is 0.720. The van der Waals surface area contributed by atoms with Gasteiger partial charge < -0.3 is 4.42 Å². The SMILES string of the molecule is CC.CCC.O=c1[nH]c2ccccc2o1.[HH]. The molecule has 86 valence electrons. The maximum atomic E-state index is 10.6. The molecular formula is C12H21NO2. The van der Waals surface area contributed by atoms with E-state index in [-0.39, 0.29) is 1.43 Å². The van der Waals surface area contributed by atoms with Gasteiger partial charge in [0.05, 0.1) is 5.52 Å². The Balaban J connectivity index is 0. The number of H-pyrrole nitrogens is 1. The molecule has 1 aromatic carbocycles. The van der Waals surface area contributed by atoms with Gasteiger partial charge in [-0.15, -0.1) is 0 Å². The molecule has 0 amide bonds. The zero-order valence-corrected chi connectivity index (χ0v) is 9.83. The second-order valence-corrected chi connectivity index (χ2v) is 2.72. The van der Waals surface area contributed by atoms with Gasteiger partial charge in [-0.1, -0.05) is 46.2 Å². The fraction of sp³-hybridized carbons (Fsp3) is 0.417. The molecule has 15 heavy (non-hydrogen) atoms. The third kappa shape index (κ3) is 4.49. The first-order valence-corrected chi connectivity index (χ1v) is 5.35. The first-order chi connectivity index (χ1) is 7.27. The van der Waals surface area contributed by atoms with Crippen LogP contribution in [0.25, 0.3) is 11.1 Å². The number of benzene rings is 1. The Labute approximate surface area is 91.6 Å². The molecule has 0 aliphatic rings. The summed E-state index contributed by atoms with van der Waals surface area (Å²) in [6.07, 6.45) is 1.25. The monoisotopic (exact) mass is 211 g/mol. The number of rotatable bonds is 0. The molecule has 1 heterocycles. The van der Waals surface area contributed by atoms with Crippen molar-refractivity contribution in [1.82, 2.24) is 4.98 Å². The van der Waals surface area contributed by atoms with Crippen LogP contribution in [-0.2, 0) is 0 Å². The standard InChI is InChI=1S/C7H5NO2.C3H8.C2H6.H2/c9-7-8-5-3-1-2-4-6(5)10-7;1-3-2;1-2;/h1-4H,(H,8,9);3H2,1-2H3;1-2H3;1H. The van der Waals surface area contributed by atoms with Crippen molar-refractivity contribution >= 4 is 11.1 Å². The molecule has 0 unspecified atom stereocenters. The van der Waals surface area contributed by atoms with E-state index in [9.17, 15) is 4.79 Å². The number of nitrogens with one attached hydrogen (secondary N) is 1. The van der Waals surface area contributed by atoms with Crippen LogP contribution in [0, 0.1) is 0 Å². The van der Waals surface area contributed by atoms with Crippen molar-refractivity contribution in [2.24, 2.45) is 0 Å². The summed E-state index contributed by atoms with van der Waals surface area (Å²) in [5.74, 6) is -0.402. The Morgan fingerprint density at radius 1 is 1.27 bits per heavy atom. The average Bonchev–Trinajstić information content (AvgIpc) is 2.62. The molecule has 0 bridgehead atoms. The lowest BCUT2D eigenvalue weighted by Gasteiger charge is -1.79. The molecule has 0 aliphatic heterocycles. The lowest BCUT2D eigenvalue weighted by Crippen LogP contribution is -1.92. The average molecular weight is 211 g/mol. The normalized spacial score (nSPS) is 8.53. The summed E-state index contributed by atoms with van der Waals surface area (Å²) in [5, 5.41) is 0.